The summed E-state index contributed by atoms with van der Waals surface area (Å²) in [6, 6.07) is 12.0. The Balaban J connectivity index is 1.93. The number of hydrogen-bond donors (Lipinski definition) is 0. The zero-order chi connectivity index (χ0) is 13.7. The van der Waals surface area contributed by atoms with Gasteiger partial charge in [-0.15, -0.1) is 0 Å². The molecule has 19 heavy (non-hydrogen) atoms. The lowest BCUT2D eigenvalue weighted by Gasteiger charge is -2.16. The molecule has 0 aliphatic heterocycles. The van der Waals surface area contributed by atoms with E-state index in [-0.39, 0.29) is 5.91 Å². The molecule has 1 heterocycles. The largest absolute Gasteiger partial charge is 0.314 e. The number of nitrogens with zero attached hydrogens (tertiary/aromatic N) is 2. The van der Waals surface area contributed by atoms with Crippen molar-refractivity contribution in [2.45, 2.75) is 19.8 Å². The number of carbonyl (C=O) groups excluding carboxylic acids is 1. The molecule has 1 amide bonds. The van der Waals surface area contributed by atoms with E-state index in [0.717, 1.165) is 12.1 Å². The van der Waals surface area contributed by atoms with Crippen molar-refractivity contribution in [2.75, 3.05) is 11.9 Å². The molecule has 0 aliphatic rings. The van der Waals surface area contributed by atoms with E-state index in [9.17, 15) is 4.79 Å². The zero-order valence-electron chi connectivity index (χ0n) is 11.3. The number of pyridine rings is 1. The molecule has 0 N–H and O–H groups in total. The molecule has 0 bridgehead atoms. The van der Waals surface area contributed by atoms with Crippen LogP contribution in [0.15, 0.2) is 48.8 Å². The summed E-state index contributed by atoms with van der Waals surface area (Å²) in [6.45, 7) is 2.06. The Bertz CT molecular complexity index is 534. The van der Waals surface area contributed by atoms with Gasteiger partial charge in [-0.05, 0) is 31.0 Å². The van der Waals surface area contributed by atoms with Crippen LogP contribution in [-0.2, 0) is 11.2 Å². The third-order valence-electron chi connectivity index (χ3n) is 3.16. The number of aromatic nitrogens is 1. The van der Waals surface area contributed by atoms with E-state index in [1.807, 2.05) is 12.1 Å². The maximum atomic E-state index is 12.1. The molecule has 2 rings (SSSR count). The quantitative estimate of drug-likeness (QED) is 0.840. The smallest absolute Gasteiger partial charge is 0.227 e. The summed E-state index contributed by atoms with van der Waals surface area (Å²) in [5.74, 6) is 0.105. The topological polar surface area (TPSA) is 33.2 Å². The van der Waals surface area contributed by atoms with Crippen molar-refractivity contribution in [1.82, 2.24) is 4.98 Å². The minimum absolute atomic E-state index is 0.105. The van der Waals surface area contributed by atoms with E-state index in [4.69, 9.17) is 0 Å². The van der Waals surface area contributed by atoms with Gasteiger partial charge in [0.05, 0.1) is 11.9 Å². The van der Waals surface area contributed by atoms with Crippen molar-refractivity contribution in [2.24, 2.45) is 0 Å². The van der Waals surface area contributed by atoms with Gasteiger partial charge in [0.1, 0.15) is 0 Å². The van der Waals surface area contributed by atoms with E-state index < -0.39 is 0 Å². The Morgan fingerprint density at radius 3 is 2.58 bits per heavy atom. The SMILES string of the molecule is Cc1ccc(CCC(=O)N(C)c2cccnc2)cc1. The number of rotatable bonds is 4. The first kappa shape index (κ1) is 13.3. The molecule has 0 saturated carbocycles. The van der Waals surface area contributed by atoms with E-state index in [1.165, 1.54) is 11.1 Å². The van der Waals surface area contributed by atoms with Crippen molar-refractivity contribution in [1.29, 1.82) is 0 Å². The molecular formula is C16H18N2O. The Kier molecular flexibility index (Phi) is 4.29. The van der Waals surface area contributed by atoms with Crippen LogP contribution in [-0.4, -0.2) is 17.9 Å². The summed E-state index contributed by atoms with van der Waals surface area (Å²) in [7, 11) is 1.79. The summed E-state index contributed by atoms with van der Waals surface area (Å²) < 4.78 is 0. The lowest BCUT2D eigenvalue weighted by Crippen LogP contribution is -2.26. The molecule has 3 heteroatoms. The van der Waals surface area contributed by atoms with Crippen LogP contribution < -0.4 is 4.90 Å². The molecule has 2 aromatic rings. The number of carbonyl (C=O) groups is 1. The normalized spacial score (nSPS) is 10.2. The molecule has 0 saturated heterocycles. The summed E-state index contributed by atoms with van der Waals surface area (Å²) in [5.41, 5.74) is 3.26. The lowest BCUT2D eigenvalue weighted by atomic mass is 10.1. The van der Waals surface area contributed by atoms with Crippen LogP contribution in [0, 0.1) is 6.92 Å². The third-order valence-corrected chi connectivity index (χ3v) is 3.16. The number of aryl methyl sites for hydroxylation is 2. The first-order valence-electron chi connectivity index (χ1n) is 6.39. The van der Waals surface area contributed by atoms with Crippen LogP contribution in [0.3, 0.4) is 0 Å². The number of benzene rings is 1. The molecule has 98 valence electrons. The molecule has 0 atom stereocenters. The Labute approximate surface area is 113 Å². The van der Waals surface area contributed by atoms with E-state index >= 15 is 0 Å². The van der Waals surface area contributed by atoms with Crippen LogP contribution in [0.1, 0.15) is 17.5 Å². The van der Waals surface area contributed by atoms with Crippen molar-refractivity contribution >= 4 is 11.6 Å². The highest BCUT2D eigenvalue weighted by atomic mass is 16.2. The fourth-order valence-corrected chi connectivity index (χ4v) is 1.87. The molecule has 3 nitrogen and oxygen atoms in total. The summed E-state index contributed by atoms with van der Waals surface area (Å²) in [6.07, 6.45) is 4.68. The van der Waals surface area contributed by atoms with Gasteiger partial charge < -0.3 is 4.90 Å². The number of amides is 1. The molecular weight excluding hydrogens is 236 g/mol. The summed E-state index contributed by atoms with van der Waals surface area (Å²) in [5, 5.41) is 0. The van der Waals surface area contributed by atoms with Crippen LogP contribution >= 0.6 is 0 Å². The van der Waals surface area contributed by atoms with E-state index in [2.05, 4.69) is 36.2 Å². The maximum Gasteiger partial charge on any atom is 0.227 e. The van der Waals surface area contributed by atoms with Gasteiger partial charge in [0, 0.05) is 19.7 Å². The monoisotopic (exact) mass is 254 g/mol. The van der Waals surface area contributed by atoms with Gasteiger partial charge in [-0.25, -0.2) is 0 Å². The molecule has 0 unspecified atom stereocenters. The minimum atomic E-state index is 0.105. The maximum absolute atomic E-state index is 12.1. The highest BCUT2D eigenvalue weighted by Gasteiger charge is 2.10. The first-order valence-corrected chi connectivity index (χ1v) is 6.39. The first-order chi connectivity index (χ1) is 9.16. The fourth-order valence-electron chi connectivity index (χ4n) is 1.87. The second-order valence-electron chi connectivity index (χ2n) is 4.65. The van der Waals surface area contributed by atoms with Gasteiger partial charge in [0.25, 0.3) is 0 Å². The molecule has 0 fully saturated rings. The average molecular weight is 254 g/mol. The second kappa shape index (κ2) is 6.14. The number of hydrogen-bond acceptors (Lipinski definition) is 2. The van der Waals surface area contributed by atoms with Gasteiger partial charge in [-0.1, -0.05) is 29.8 Å². The highest BCUT2D eigenvalue weighted by molar-refractivity contribution is 5.92. The van der Waals surface area contributed by atoms with Crippen LogP contribution in [0.2, 0.25) is 0 Å². The third kappa shape index (κ3) is 3.65. The van der Waals surface area contributed by atoms with Gasteiger partial charge in [0.15, 0.2) is 0 Å². The fraction of sp³-hybridized carbons (Fsp3) is 0.250. The van der Waals surface area contributed by atoms with Crippen LogP contribution in [0.4, 0.5) is 5.69 Å². The predicted octanol–water partition coefficient (Wildman–Crippen LogP) is 2.99. The molecule has 0 aliphatic carbocycles. The van der Waals surface area contributed by atoms with Crippen molar-refractivity contribution < 1.29 is 4.79 Å². The minimum Gasteiger partial charge on any atom is -0.314 e. The summed E-state index contributed by atoms with van der Waals surface area (Å²) >= 11 is 0. The van der Waals surface area contributed by atoms with Crippen molar-refractivity contribution in [3.8, 4) is 0 Å². The molecule has 0 spiro atoms. The van der Waals surface area contributed by atoms with Crippen molar-refractivity contribution in [3.05, 3.63) is 59.9 Å². The molecule has 1 aromatic heterocycles. The Hall–Kier alpha value is -2.16. The number of anilines is 1. The predicted molar refractivity (Wildman–Crippen MR) is 77.1 cm³/mol. The zero-order valence-corrected chi connectivity index (χ0v) is 11.3. The highest BCUT2D eigenvalue weighted by Crippen LogP contribution is 2.12. The van der Waals surface area contributed by atoms with Crippen LogP contribution in [0.25, 0.3) is 0 Å². The standard InChI is InChI=1S/C16H18N2O/c1-13-5-7-14(8-6-13)9-10-16(19)18(2)15-4-3-11-17-12-15/h3-8,11-12H,9-10H2,1-2H3. The van der Waals surface area contributed by atoms with Crippen molar-refractivity contribution in [3.63, 3.8) is 0 Å². The van der Waals surface area contributed by atoms with E-state index in [0.29, 0.717) is 6.42 Å². The Morgan fingerprint density at radius 1 is 1.21 bits per heavy atom. The van der Waals surface area contributed by atoms with Gasteiger partial charge in [0.2, 0.25) is 5.91 Å². The van der Waals surface area contributed by atoms with E-state index in [1.54, 1.807) is 24.3 Å². The van der Waals surface area contributed by atoms with Gasteiger partial charge >= 0.3 is 0 Å². The van der Waals surface area contributed by atoms with Crippen LogP contribution in [0.5, 0.6) is 0 Å². The van der Waals surface area contributed by atoms with Gasteiger partial charge in [-0.3, -0.25) is 9.78 Å². The summed E-state index contributed by atoms with van der Waals surface area (Å²) in [4.78, 5) is 17.8. The second-order valence-corrected chi connectivity index (χ2v) is 4.65. The lowest BCUT2D eigenvalue weighted by molar-refractivity contribution is -0.118. The molecule has 1 aromatic carbocycles. The Morgan fingerprint density at radius 2 is 1.95 bits per heavy atom. The average Bonchev–Trinajstić information content (AvgIpc) is 2.46. The van der Waals surface area contributed by atoms with Gasteiger partial charge in [-0.2, -0.15) is 0 Å². The molecule has 0 radical (unpaired) electrons.